The van der Waals surface area contributed by atoms with Gasteiger partial charge in [-0.15, -0.1) is 0 Å². The molecule has 1 aromatic rings. The van der Waals surface area contributed by atoms with Crippen molar-refractivity contribution >= 4 is 35.5 Å². The summed E-state index contributed by atoms with van der Waals surface area (Å²) < 4.78 is 38.8. The molecule has 0 radical (unpaired) electrons. The van der Waals surface area contributed by atoms with Gasteiger partial charge in [-0.3, -0.25) is 18.6 Å². The minimum atomic E-state index is -2.41. The lowest BCUT2D eigenvalue weighted by atomic mass is 9.80. The van der Waals surface area contributed by atoms with E-state index in [0.717, 1.165) is 4.31 Å². The maximum atomic E-state index is 11.7. The van der Waals surface area contributed by atoms with E-state index in [4.69, 9.17) is 14.0 Å². The number of rotatable bonds is 6. The summed E-state index contributed by atoms with van der Waals surface area (Å²) in [6, 6.07) is 1.61. The van der Waals surface area contributed by atoms with Gasteiger partial charge in [0, 0.05) is 11.7 Å². The predicted molar refractivity (Wildman–Crippen MR) is 94.7 cm³/mol. The Kier molecular flexibility index (Phi) is 5.88. The summed E-state index contributed by atoms with van der Waals surface area (Å²) in [6.45, 7) is 9.21. The molecular formula is C15H23BN2O6S. The molecule has 1 saturated heterocycles. The second-order valence-corrected chi connectivity index (χ2v) is 7.54. The number of anilines is 1. The van der Waals surface area contributed by atoms with E-state index in [1.807, 2.05) is 27.7 Å². The lowest BCUT2D eigenvalue weighted by Crippen LogP contribution is -2.41. The Morgan fingerprint density at radius 3 is 2.44 bits per heavy atom. The fraction of sp³-hybridized carbons (Fsp3) is 0.600. The van der Waals surface area contributed by atoms with Gasteiger partial charge in [-0.25, -0.2) is 4.21 Å². The summed E-state index contributed by atoms with van der Waals surface area (Å²) in [4.78, 5) is 15.7. The average Bonchev–Trinajstić information content (AvgIpc) is 2.73. The van der Waals surface area contributed by atoms with E-state index in [1.165, 1.54) is 6.20 Å². The third-order valence-corrected chi connectivity index (χ3v) is 5.04. The Hall–Kier alpha value is -1.49. The van der Waals surface area contributed by atoms with Crippen LogP contribution in [0.5, 0.6) is 0 Å². The standard InChI is InChI=1S/C15H23BN2O6S/c1-6-22-13(19)10-18(25(20)21)12-7-11(8-17-9-12)16-23-14(2,3)15(4,5)24-16/h7-9H,6,10H2,1-5H3,(H,20,21). The Morgan fingerprint density at radius 2 is 1.92 bits per heavy atom. The summed E-state index contributed by atoms with van der Waals surface area (Å²) in [7, 11) is -0.658. The van der Waals surface area contributed by atoms with E-state index in [0.29, 0.717) is 11.2 Å². The molecule has 1 atom stereocenters. The van der Waals surface area contributed by atoms with Crippen molar-refractivity contribution in [3.8, 4) is 0 Å². The molecule has 1 fully saturated rings. The highest BCUT2D eigenvalue weighted by Gasteiger charge is 2.51. The zero-order chi connectivity index (χ0) is 18.8. The van der Waals surface area contributed by atoms with Gasteiger partial charge < -0.3 is 14.0 Å². The van der Waals surface area contributed by atoms with E-state index in [2.05, 4.69) is 4.98 Å². The summed E-state index contributed by atoms with van der Waals surface area (Å²) >= 11 is -2.41. The number of carbonyl (C=O) groups excluding carboxylic acids is 1. The van der Waals surface area contributed by atoms with Crippen LogP contribution in [0.15, 0.2) is 18.5 Å². The normalized spacial score (nSPS) is 19.5. The Labute approximate surface area is 150 Å². The number of aromatic nitrogens is 1. The fourth-order valence-corrected chi connectivity index (χ4v) is 2.75. The highest BCUT2D eigenvalue weighted by molar-refractivity contribution is 7.80. The molecule has 0 aliphatic carbocycles. The fourth-order valence-electron chi connectivity index (χ4n) is 2.25. The minimum absolute atomic E-state index is 0.191. The Bertz CT molecular complexity index is 653. The van der Waals surface area contributed by atoms with Crippen LogP contribution < -0.4 is 9.77 Å². The molecule has 2 heterocycles. The molecule has 1 aromatic heterocycles. The van der Waals surface area contributed by atoms with Crippen LogP contribution in [0.3, 0.4) is 0 Å². The van der Waals surface area contributed by atoms with Crippen LogP contribution in [0.4, 0.5) is 5.69 Å². The molecule has 1 N–H and O–H groups in total. The predicted octanol–water partition coefficient (Wildman–Crippen LogP) is 0.887. The molecule has 1 unspecified atom stereocenters. The van der Waals surface area contributed by atoms with Gasteiger partial charge in [-0.1, -0.05) is 0 Å². The number of carbonyl (C=O) groups is 1. The second kappa shape index (κ2) is 7.41. The van der Waals surface area contributed by atoms with Gasteiger partial charge >= 0.3 is 13.1 Å². The first-order valence-electron chi connectivity index (χ1n) is 7.92. The smallest absolute Gasteiger partial charge is 0.465 e. The van der Waals surface area contributed by atoms with Crippen LogP contribution in [0.2, 0.25) is 0 Å². The molecule has 1 aliphatic heterocycles. The number of pyridine rings is 1. The third kappa shape index (κ3) is 4.38. The zero-order valence-corrected chi connectivity index (χ0v) is 15.8. The average molecular weight is 370 g/mol. The van der Waals surface area contributed by atoms with Gasteiger partial charge in [0.1, 0.15) is 6.54 Å². The molecule has 0 saturated carbocycles. The van der Waals surface area contributed by atoms with Crippen molar-refractivity contribution < 1.29 is 27.6 Å². The highest BCUT2D eigenvalue weighted by Crippen LogP contribution is 2.36. The SMILES string of the molecule is CCOC(=O)CN(c1cncc(B2OC(C)(C)C(C)(C)O2)c1)S(=O)O. The summed E-state index contributed by atoms with van der Waals surface area (Å²) in [5, 5.41) is 0. The van der Waals surface area contributed by atoms with Crippen LogP contribution in [0, 0.1) is 0 Å². The number of esters is 1. The molecule has 0 bridgehead atoms. The second-order valence-electron chi connectivity index (χ2n) is 6.64. The molecule has 0 spiro atoms. The summed E-state index contributed by atoms with van der Waals surface area (Å²) in [5.74, 6) is -0.606. The van der Waals surface area contributed by atoms with E-state index < -0.39 is 35.6 Å². The van der Waals surface area contributed by atoms with Crippen LogP contribution in [-0.2, 0) is 30.1 Å². The van der Waals surface area contributed by atoms with E-state index in [-0.39, 0.29) is 13.2 Å². The number of hydrogen-bond acceptors (Lipinski definition) is 6. The monoisotopic (exact) mass is 370 g/mol. The van der Waals surface area contributed by atoms with Crippen LogP contribution in [0.25, 0.3) is 0 Å². The van der Waals surface area contributed by atoms with E-state index >= 15 is 0 Å². The highest BCUT2D eigenvalue weighted by atomic mass is 32.2. The van der Waals surface area contributed by atoms with Crippen LogP contribution in [0.1, 0.15) is 34.6 Å². The quantitative estimate of drug-likeness (QED) is 0.451. The van der Waals surface area contributed by atoms with Crippen molar-refractivity contribution in [1.29, 1.82) is 0 Å². The van der Waals surface area contributed by atoms with Crippen molar-refractivity contribution in [2.75, 3.05) is 17.5 Å². The first-order chi connectivity index (χ1) is 11.6. The largest absolute Gasteiger partial charge is 0.496 e. The molecule has 8 nitrogen and oxygen atoms in total. The van der Waals surface area contributed by atoms with Gasteiger partial charge in [0.05, 0.1) is 29.7 Å². The van der Waals surface area contributed by atoms with Gasteiger partial charge in [-0.05, 0) is 40.7 Å². The summed E-state index contributed by atoms with van der Waals surface area (Å²) in [5.41, 5.74) is -0.146. The topological polar surface area (TPSA) is 98.2 Å². The van der Waals surface area contributed by atoms with Crippen molar-refractivity contribution in [3.05, 3.63) is 18.5 Å². The molecule has 0 aromatic carbocycles. The zero-order valence-electron chi connectivity index (χ0n) is 15.0. The van der Waals surface area contributed by atoms with Crippen molar-refractivity contribution in [1.82, 2.24) is 4.98 Å². The molecule has 1 aliphatic rings. The van der Waals surface area contributed by atoms with Gasteiger partial charge in [0.15, 0.2) is 0 Å². The first-order valence-corrected chi connectivity index (χ1v) is 8.98. The lowest BCUT2D eigenvalue weighted by Gasteiger charge is -2.32. The Morgan fingerprint density at radius 1 is 1.32 bits per heavy atom. The minimum Gasteiger partial charge on any atom is -0.465 e. The number of hydrogen-bond donors (Lipinski definition) is 1. The maximum Gasteiger partial charge on any atom is 0.496 e. The molecule has 138 valence electrons. The van der Waals surface area contributed by atoms with Gasteiger partial charge in [0.2, 0.25) is 0 Å². The molecule has 0 amide bonds. The Balaban J connectivity index is 2.25. The van der Waals surface area contributed by atoms with Crippen molar-refractivity contribution in [2.45, 2.75) is 45.8 Å². The van der Waals surface area contributed by atoms with Crippen molar-refractivity contribution in [2.24, 2.45) is 0 Å². The van der Waals surface area contributed by atoms with Crippen LogP contribution in [-0.4, -0.2) is 51.2 Å². The molecular weight excluding hydrogens is 347 g/mol. The number of ether oxygens (including phenoxy) is 1. The summed E-state index contributed by atoms with van der Waals surface area (Å²) in [6.07, 6.45) is 2.95. The number of nitrogens with zero attached hydrogens (tertiary/aromatic N) is 2. The van der Waals surface area contributed by atoms with E-state index in [1.54, 1.807) is 19.2 Å². The van der Waals surface area contributed by atoms with E-state index in [9.17, 15) is 13.6 Å². The first kappa shape index (κ1) is 19.8. The third-order valence-electron chi connectivity index (χ3n) is 4.32. The lowest BCUT2D eigenvalue weighted by molar-refractivity contribution is -0.141. The molecule has 2 rings (SSSR count). The van der Waals surface area contributed by atoms with Gasteiger partial charge in [0.25, 0.3) is 11.3 Å². The molecule has 10 heteroatoms. The molecule has 25 heavy (non-hydrogen) atoms. The van der Waals surface area contributed by atoms with Crippen molar-refractivity contribution in [3.63, 3.8) is 0 Å². The maximum absolute atomic E-state index is 11.7. The van der Waals surface area contributed by atoms with Crippen LogP contribution >= 0.6 is 0 Å². The van der Waals surface area contributed by atoms with Gasteiger partial charge in [-0.2, -0.15) is 0 Å².